The molecule has 1 aromatic heterocycles. The van der Waals surface area contributed by atoms with Crippen LogP contribution in [0.3, 0.4) is 0 Å². The molecule has 7 heteroatoms. The number of amides is 1. The maximum atomic E-state index is 14.1. The molecule has 0 saturated carbocycles. The quantitative estimate of drug-likeness (QED) is 0.277. The van der Waals surface area contributed by atoms with E-state index in [1.165, 1.54) is 11.6 Å². The van der Waals surface area contributed by atoms with Crippen LogP contribution in [0.1, 0.15) is 27.4 Å². The van der Waals surface area contributed by atoms with E-state index >= 15 is 0 Å². The third kappa shape index (κ3) is 6.40. The summed E-state index contributed by atoms with van der Waals surface area (Å²) >= 11 is 6.07. The van der Waals surface area contributed by atoms with Crippen molar-refractivity contribution in [1.29, 1.82) is 0 Å². The first-order valence-electron chi connectivity index (χ1n) is 12.4. The van der Waals surface area contributed by atoms with Crippen LogP contribution >= 0.6 is 11.6 Å². The lowest BCUT2D eigenvalue weighted by atomic mass is 10.1. The normalized spacial score (nSPS) is 13.8. The summed E-state index contributed by atoms with van der Waals surface area (Å²) in [6.45, 7) is 4.20. The van der Waals surface area contributed by atoms with E-state index in [4.69, 9.17) is 16.0 Å². The Morgan fingerprint density at radius 2 is 1.43 bits per heavy atom. The van der Waals surface area contributed by atoms with E-state index in [2.05, 4.69) is 17.0 Å². The van der Waals surface area contributed by atoms with Crippen molar-refractivity contribution in [3.8, 4) is 0 Å². The Kier molecular flexibility index (Phi) is 7.87. The Balaban J connectivity index is 1.23. The summed E-state index contributed by atoms with van der Waals surface area (Å²) in [5.41, 5.74) is 2.93. The van der Waals surface area contributed by atoms with Gasteiger partial charge in [-0.3, -0.25) is 9.69 Å². The molecule has 1 fully saturated rings. The number of carbonyl (C=O) groups excluding carboxylic acids is 1. The highest BCUT2D eigenvalue weighted by atomic mass is 35.5. The minimum absolute atomic E-state index is 0.133. The van der Waals surface area contributed by atoms with Crippen LogP contribution < -0.4 is 4.90 Å². The molecule has 190 valence electrons. The smallest absolute Gasteiger partial charge is 0.289 e. The third-order valence-electron chi connectivity index (χ3n) is 6.58. The van der Waals surface area contributed by atoms with Gasteiger partial charge < -0.3 is 14.2 Å². The van der Waals surface area contributed by atoms with E-state index in [9.17, 15) is 9.18 Å². The van der Waals surface area contributed by atoms with Crippen LogP contribution in [-0.2, 0) is 19.6 Å². The van der Waals surface area contributed by atoms with Crippen molar-refractivity contribution >= 4 is 23.2 Å². The molecular formula is C30H29ClFN3O2. The lowest BCUT2D eigenvalue weighted by molar-refractivity contribution is 0.0710. The molecule has 0 radical (unpaired) electrons. The van der Waals surface area contributed by atoms with Gasteiger partial charge in [-0.25, -0.2) is 4.39 Å². The second-order valence-electron chi connectivity index (χ2n) is 9.25. The van der Waals surface area contributed by atoms with Gasteiger partial charge in [0.1, 0.15) is 11.6 Å². The van der Waals surface area contributed by atoms with Crippen LogP contribution in [-0.4, -0.2) is 41.9 Å². The van der Waals surface area contributed by atoms with Gasteiger partial charge in [0.15, 0.2) is 5.76 Å². The Bertz CT molecular complexity index is 1320. The molecule has 4 aromatic rings. The number of carbonyl (C=O) groups is 1. The number of rotatable bonds is 8. The zero-order chi connectivity index (χ0) is 25.6. The zero-order valence-electron chi connectivity index (χ0n) is 20.5. The summed E-state index contributed by atoms with van der Waals surface area (Å²) in [5.74, 6) is 0.696. The number of anilines is 1. The molecule has 5 nitrogen and oxygen atoms in total. The lowest BCUT2D eigenvalue weighted by Gasteiger charge is -2.35. The number of piperazine rings is 1. The Morgan fingerprint density at radius 3 is 2.14 bits per heavy atom. The van der Waals surface area contributed by atoms with Gasteiger partial charge in [-0.2, -0.15) is 0 Å². The number of hydrogen-bond acceptors (Lipinski definition) is 4. The van der Waals surface area contributed by atoms with Crippen molar-refractivity contribution in [3.63, 3.8) is 0 Å². The molecule has 0 bridgehead atoms. The predicted molar refractivity (Wildman–Crippen MR) is 144 cm³/mol. The van der Waals surface area contributed by atoms with Crippen molar-refractivity contribution in [1.82, 2.24) is 9.80 Å². The number of furan rings is 1. The molecule has 5 rings (SSSR count). The topological polar surface area (TPSA) is 39.9 Å². The van der Waals surface area contributed by atoms with Crippen LogP contribution in [0.15, 0.2) is 95.4 Å². The minimum atomic E-state index is -0.239. The number of halogens is 2. The minimum Gasteiger partial charge on any atom is -0.455 e. The molecule has 3 aromatic carbocycles. The summed E-state index contributed by atoms with van der Waals surface area (Å²) in [6.07, 6.45) is 0. The average molecular weight is 518 g/mol. The summed E-state index contributed by atoms with van der Waals surface area (Å²) in [7, 11) is 0. The van der Waals surface area contributed by atoms with Gasteiger partial charge in [0.05, 0.1) is 12.2 Å². The highest BCUT2D eigenvalue weighted by Crippen LogP contribution is 2.22. The van der Waals surface area contributed by atoms with Crippen molar-refractivity contribution in [2.45, 2.75) is 19.6 Å². The van der Waals surface area contributed by atoms with Crippen molar-refractivity contribution in [2.75, 3.05) is 31.1 Å². The van der Waals surface area contributed by atoms with E-state index in [1.54, 1.807) is 23.1 Å². The Hall–Kier alpha value is -3.61. The van der Waals surface area contributed by atoms with Crippen molar-refractivity contribution < 1.29 is 13.6 Å². The van der Waals surface area contributed by atoms with Gasteiger partial charge in [-0.15, -0.1) is 0 Å². The molecule has 1 aliphatic heterocycles. The third-order valence-corrected chi connectivity index (χ3v) is 6.83. The fourth-order valence-electron chi connectivity index (χ4n) is 4.67. The second-order valence-corrected chi connectivity index (χ2v) is 9.69. The number of para-hydroxylation sites is 1. The molecule has 0 unspecified atom stereocenters. The number of nitrogens with zero attached hydrogens (tertiary/aromatic N) is 3. The SMILES string of the molecule is O=C(c1ccc(CN(Cc2ccccc2)Cc2ccc(Cl)cc2)o1)N1CCN(c2ccccc2F)CC1. The first kappa shape index (κ1) is 25.1. The Labute approximate surface area is 221 Å². The zero-order valence-corrected chi connectivity index (χ0v) is 21.3. The van der Waals surface area contributed by atoms with Crippen LogP contribution in [0, 0.1) is 5.82 Å². The molecule has 0 atom stereocenters. The second kappa shape index (κ2) is 11.6. The maximum absolute atomic E-state index is 14.1. The van der Waals surface area contributed by atoms with E-state index in [0.29, 0.717) is 55.7 Å². The van der Waals surface area contributed by atoms with Gasteiger partial charge in [0.25, 0.3) is 5.91 Å². The maximum Gasteiger partial charge on any atom is 0.289 e. The lowest BCUT2D eigenvalue weighted by Crippen LogP contribution is -2.49. The van der Waals surface area contributed by atoms with Gasteiger partial charge in [0.2, 0.25) is 0 Å². The molecule has 0 spiro atoms. The molecular weight excluding hydrogens is 489 g/mol. The highest BCUT2D eigenvalue weighted by molar-refractivity contribution is 6.30. The van der Waals surface area contributed by atoms with Crippen molar-refractivity contribution in [2.24, 2.45) is 0 Å². The molecule has 1 saturated heterocycles. The molecule has 1 aliphatic rings. The summed E-state index contributed by atoms with van der Waals surface area (Å²) < 4.78 is 20.2. The standard InChI is InChI=1S/C30H29ClFN3O2/c31-25-12-10-24(11-13-25)21-33(20-23-6-2-1-3-7-23)22-26-14-15-29(37-26)30(36)35-18-16-34(17-19-35)28-9-5-4-8-27(28)32/h1-15H,16-22H2. The van der Waals surface area contributed by atoms with Crippen LogP contribution in [0.2, 0.25) is 5.02 Å². The van der Waals surface area contributed by atoms with Gasteiger partial charge in [-0.1, -0.05) is 66.2 Å². The molecule has 37 heavy (non-hydrogen) atoms. The average Bonchev–Trinajstić information content (AvgIpc) is 3.39. The first-order valence-corrected chi connectivity index (χ1v) is 12.8. The van der Waals surface area contributed by atoms with Gasteiger partial charge >= 0.3 is 0 Å². The van der Waals surface area contributed by atoms with E-state index in [-0.39, 0.29) is 11.7 Å². The largest absolute Gasteiger partial charge is 0.455 e. The fraction of sp³-hybridized carbons (Fsp3) is 0.233. The molecule has 0 aliphatic carbocycles. The van der Waals surface area contributed by atoms with Crippen LogP contribution in [0.4, 0.5) is 10.1 Å². The first-order chi connectivity index (χ1) is 18.0. The number of hydrogen-bond donors (Lipinski definition) is 0. The van der Waals surface area contributed by atoms with Crippen molar-refractivity contribution in [3.05, 3.63) is 124 Å². The summed E-state index contributed by atoms with van der Waals surface area (Å²) in [6, 6.07) is 28.5. The summed E-state index contributed by atoms with van der Waals surface area (Å²) in [4.78, 5) is 19.2. The summed E-state index contributed by atoms with van der Waals surface area (Å²) in [5, 5.41) is 0.710. The predicted octanol–water partition coefficient (Wildman–Crippen LogP) is 6.24. The van der Waals surface area contributed by atoms with Crippen LogP contribution in [0.5, 0.6) is 0 Å². The highest BCUT2D eigenvalue weighted by Gasteiger charge is 2.25. The van der Waals surface area contributed by atoms with E-state index in [1.807, 2.05) is 59.5 Å². The molecule has 0 N–H and O–H groups in total. The monoisotopic (exact) mass is 517 g/mol. The van der Waals surface area contributed by atoms with Gasteiger partial charge in [-0.05, 0) is 47.5 Å². The fourth-order valence-corrected chi connectivity index (χ4v) is 4.80. The molecule has 2 heterocycles. The number of benzene rings is 3. The Morgan fingerprint density at radius 1 is 0.784 bits per heavy atom. The molecule has 1 amide bonds. The van der Waals surface area contributed by atoms with E-state index in [0.717, 1.165) is 17.9 Å². The van der Waals surface area contributed by atoms with Gasteiger partial charge in [0, 0.05) is 44.3 Å². The van der Waals surface area contributed by atoms with E-state index < -0.39 is 0 Å². The van der Waals surface area contributed by atoms with Crippen LogP contribution in [0.25, 0.3) is 0 Å².